The van der Waals surface area contributed by atoms with Crippen molar-refractivity contribution in [2.75, 3.05) is 18.8 Å². The third-order valence-corrected chi connectivity index (χ3v) is 6.03. The summed E-state index contributed by atoms with van der Waals surface area (Å²) in [6.45, 7) is 4.19. The number of fused-ring (bicyclic) bond motifs is 1. The third-order valence-electron chi connectivity index (χ3n) is 6.03. The van der Waals surface area contributed by atoms with Gasteiger partial charge < -0.3 is 24.4 Å². The quantitative estimate of drug-likeness (QED) is 0.763. The summed E-state index contributed by atoms with van der Waals surface area (Å²) in [7, 11) is 1.61. The number of piperidine rings is 1. The first-order valence-electron chi connectivity index (χ1n) is 10.7. The van der Waals surface area contributed by atoms with Crippen molar-refractivity contribution in [3.63, 3.8) is 0 Å². The van der Waals surface area contributed by atoms with Crippen LogP contribution in [0.2, 0.25) is 0 Å². The maximum atomic E-state index is 13.2. The average Bonchev–Trinajstić information content (AvgIpc) is 3.26. The number of carbonyl (C=O) groups excluding carboxylic acids is 2. The van der Waals surface area contributed by atoms with Crippen molar-refractivity contribution < 1.29 is 23.8 Å². The van der Waals surface area contributed by atoms with Crippen LogP contribution in [0.25, 0.3) is 0 Å². The second-order valence-electron chi connectivity index (χ2n) is 7.98. The van der Waals surface area contributed by atoms with E-state index in [0.29, 0.717) is 30.0 Å². The van der Waals surface area contributed by atoms with Crippen molar-refractivity contribution in [1.29, 1.82) is 0 Å². The number of nitrogens with zero attached hydrogens (tertiary/aromatic N) is 1. The number of benzene rings is 2. The zero-order valence-corrected chi connectivity index (χ0v) is 18.1. The van der Waals surface area contributed by atoms with Crippen LogP contribution in [0.4, 0.5) is 5.69 Å². The van der Waals surface area contributed by atoms with Gasteiger partial charge in [-0.1, -0.05) is 19.1 Å². The van der Waals surface area contributed by atoms with Crippen LogP contribution in [0, 0.1) is 5.92 Å². The molecule has 0 unspecified atom stereocenters. The fraction of sp³-hybridized carbons (Fsp3) is 0.417. The van der Waals surface area contributed by atoms with Crippen LogP contribution in [0.3, 0.4) is 0 Å². The standard InChI is InChI=1S/C24H28N2O5/c1-4-15(2)25-24(28)19-10-12-22(27)26(17-7-11-20-21(13-17)31-14-30-20)23(19)16-5-8-18(29-3)9-6-16/h5-9,11,13,15,19,23H,4,10,12,14H2,1-3H3,(H,25,28)/t15-,19-,23-/m0/s1. The predicted octanol–water partition coefficient (Wildman–Crippen LogP) is 3.82. The number of carbonyl (C=O) groups is 2. The summed E-state index contributed by atoms with van der Waals surface area (Å²) >= 11 is 0. The van der Waals surface area contributed by atoms with E-state index in [1.54, 1.807) is 18.1 Å². The zero-order chi connectivity index (χ0) is 22.0. The summed E-state index contributed by atoms with van der Waals surface area (Å²) in [5.41, 5.74) is 1.58. The Hall–Kier alpha value is -3.22. The minimum Gasteiger partial charge on any atom is -0.497 e. The Kier molecular flexibility index (Phi) is 6.02. The van der Waals surface area contributed by atoms with Crippen molar-refractivity contribution in [2.24, 2.45) is 5.92 Å². The molecule has 2 amide bonds. The van der Waals surface area contributed by atoms with Crippen molar-refractivity contribution in [3.8, 4) is 17.2 Å². The first kappa shape index (κ1) is 21.0. The molecule has 0 saturated carbocycles. The van der Waals surface area contributed by atoms with Gasteiger partial charge in [-0.3, -0.25) is 9.59 Å². The molecule has 0 radical (unpaired) electrons. The molecule has 1 N–H and O–H groups in total. The molecule has 4 rings (SSSR count). The summed E-state index contributed by atoms with van der Waals surface area (Å²) in [6.07, 6.45) is 1.65. The molecule has 7 heteroatoms. The molecule has 2 aliphatic rings. The van der Waals surface area contributed by atoms with E-state index in [4.69, 9.17) is 14.2 Å². The van der Waals surface area contributed by atoms with Gasteiger partial charge >= 0.3 is 0 Å². The molecule has 7 nitrogen and oxygen atoms in total. The number of amides is 2. The molecule has 0 aromatic heterocycles. The number of methoxy groups -OCH3 is 1. The lowest BCUT2D eigenvalue weighted by Crippen LogP contribution is -2.49. The van der Waals surface area contributed by atoms with E-state index in [9.17, 15) is 9.59 Å². The fourth-order valence-electron chi connectivity index (χ4n) is 4.14. The number of rotatable bonds is 6. The molecule has 164 valence electrons. The van der Waals surface area contributed by atoms with Gasteiger partial charge in [0.1, 0.15) is 5.75 Å². The van der Waals surface area contributed by atoms with Crippen molar-refractivity contribution >= 4 is 17.5 Å². The fourth-order valence-corrected chi connectivity index (χ4v) is 4.14. The predicted molar refractivity (Wildman–Crippen MR) is 116 cm³/mol. The van der Waals surface area contributed by atoms with Gasteiger partial charge in [-0.05, 0) is 49.6 Å². The van der Waals surface area contributed by atoms with Crippen molar-refractivity contribution in [2.45, 2.75) is 45.2 Å². The number of hydrogen-bond donors (Lipinski definition) is 1. The number of nitrogens with one attached hydrogen (secondary N) is 1. The second kappa shape index (κ2) is 8.88. The highest BCUT2D eigenvalue weighted by molar-refractivity contribution is 5.97. The van der Waals surface area contributed by atoms with Gasteiger partial charge in [-0.2, -0.15) is 0 Å². The lowest BCUT2D eigenvalue weighted by atomic mass is 9.83. The Morgan fingerprint density at radius 2 is 1.94 bits per heavy atom. The number of anilines is 1. The largest absolute Gasteiger partial charge is 0.497 e. The molecule has 3 atom stereocenters. The summed E-state index contributed by atoms with van der Waals surface area (Å²) in [5, 5.41) is 3.10. The molecule has 1 saturated heterocycles. The Bertz CT molecular complexity index is 959. The van der Waals surface area contributed by atoms with Crippen molar-refractivity contribution in [1.82, 2.24) is 5.32 Å². The molecule has 31 heavy (non-hydrogen) atoms. The van der Waals surface area contributed by atoms with Crippen LogP contribution >= 0.6 is 0 Å². The summed E-state index contributed by atoms with van der Waals surface area (Å²) < 4.78 is 16.2. The van der Waals surface area contributed by atoms with Crippen LogP contribution in [-0.4, -0.2) is 31.8 Å². The summed E-state index contributed by atoms with van der Waals surface area (Å²) in [5.74, 6) is 1.55. The van der Waals surface area contributed by atoms with Crippen LogP contribution in [0.15, 0.2) is 42.5 Å². The Morgan fingerprint density at radius 3 is 2.65 bits per heavy atom. The van der Waals surface area contributed by atoms with Gasteiger partial charge in [0.05, 0.1) is 19.1 Å². The van der Waals surface area contributed by atoms with Gasteiger partial charge in [0, 0.05) is 24.2 Å². The lowest BCUT2D eigenvalue weighted by Gasteiger charge is -2.41. The third kappa shape index (κ3) is 4.17. The van der Waals surface area contributed by atoms with Crippen molar-refractivity contribution in [3.05, 3.63) is 48.0 Å². The second-order valence-corrected chi connectivity index (χ2v) is 7.98. The molecule has 0 bridgehead atoms. The molecule has 0 spiro atoms. The van der Waals surface area contributed by atoms with E-state index in [0.717, 1.165) is 17.7 Å². The van der Waals surface area contributed by atoms with E-state index in [1.807, 2.05) is 50.2 Å². The Morgan fingerprint density at radius 1 is 1.19 bits per heavy atom. The van der Waals surface area contributed by atoms with Gasteiger partial charge in [0.15, 0.2) is 11.5 Å². The monoisotopic (exact) mass is 424 g/mol. The van der Waals surface area contributed by atoms with E-state index in [1.165, 1.54) is 0 Å². The number of hydrogen-bond acceptors (Lipinski definition) is 5. The summed E-state index contributed by atoms with van der Waals surface area (Å²) in [4.78, 5) is 28.1. The van der Waals surface area contributed by atoms with Gasteiger partial charge in [-0.15, -0.1) is 0 Å². The smallest absolute Gasteiger partial charge is 0.231 e. The summed E-state index contributed by atoms with van der Waals surface area (Å²) in [6, 6.07) is 12.7. The molecule has 2 aromatic carbocycles. The maximum absolute atomic E-state index is 13.2. The SMILES string of the molecule is CC[C@H](C)NC(=O)[C@H]1CCC(=O)N(c2ccc3c(c2)OCO3)[C@H]1c1ccc(OC)cc1. The highest BCUT2D eigenvalue weighted by atomic mass is 16.7. The zero-order valence-electron chi connectivity index (χ0n) is 18.1. The Labute approximate surface area is 182 Å². The normalized spacial score (nSPS) is 21.0. The van der Waals surface area contributed by atoms with Crippen LogP contribution < -0.4 is 24.4 Å². The minimum absolute atomic E-state index is 0.0210. The average molecular weight is 424 g/mol. The van der Waals surface area contributed by atoms with Crippen LogP contribution in [0.5, 0.6) is 17.2 Å². The Balaban J connectivity index is 1.75. The van der Waals surface area contributed by atoms with Gasteiger partial charge in [-0.25, -0.2) is 0 Å². The first-order chi connectivity index (χ1) is 15.0. The van der Waals surface area contributed by atoms with E-state index in [2.05, 4.69) is 5.32 Å². The highest BCUT2D eigenvalue weighted by Gasteiger charge is 2.42. The van der Waals surface area contributed by atoms with E-state index in [-0.39, 0.29) is 30.6 Å². The molecular weight excluding hydrogens is 396 g/mol. The molecule has 2 heterocycles. The minimum atomic E-state index is -0.434. The lowest BCUT2D eigenvalue weighted by molar-refractivity contribution is -0.129. The van der Waals surface area contributed by atoms with Gasteiger partial charge in [0.2, 0.25) is 18.6 Å². The molecule has 1 fully saturated rings. The molecule has 0 aliphatic carbocycles. The van der Waals surface area contributed by atoms with E-state index >= 15 is 0 Å². The van der Waals surface area contributed by atoms with Crippen LogP contribution in [0.1, 0.15) is 44.7 Å². The first-order valence-corrected chi connectivity index (χ1v) is 10.7. The molecular formula is C24H28N2O5. The van der Waals surface area contributed by atoms with E-state index < -0.39 is 6.04 Å². The van der Waals surface area contributed by atoms with Crippen LogP contribution in [-0.2, 0) is 9.59 Å². The topological polar surface area (TPSA) is 77.1 Å². The van der Waals surface area contributed by atoms with Gasteiger partial charge in [0.25, 0.3) is 0 Å². The number of ether oxygens (including phenoxy) is 3. The molecule has 2 aliphatic heterocycles. The molecule has 2 aromatic rings. The maximum Gasteiger partial charge on any atom is 0.231 e. The highest BCUT2D eigenvalue weighted by Crippen LogP contribution is 2.43.